The molecule has 3 heterocycles. The fourth-order valence-electron chi connectivity index (χ4n) is 1.83. The van der Waals surface area contributed by atoms with Crippen LogP contribution in [0.2, 0.25) is 0 Å². The highest BCUT2D eigenvalue weighted by Crippen LogP contribution is 2.28. The van der Waals surface area contributed by atoms with Crippen LogP contribution in [0, 0.1) is 0 Å². The van der Waals surface area contributed by atoms with E-state index < -0.39 is 5.60 Å². The molecule has 3 aliphatic rings. The molecular formula is C10H17NO3. The van der Waals surface area contributed by atoms with Crippen molar-refractivity contribution in [3.63, 3.8) is 0 Å². The van der Waals surface area contributed by atoms with Crippen LogP contribution in [0.15, 0.2) is 0 Å². The predicted molar refractivity (Wildman–Crippen MR) is 51.1 cm³/mol. The summed E-state index contributed by atoms with van der Waals surface area (Å²) in [5, 5.41) is 0. The number of ether oxygens (including phenoxy) is 2. The van der Waals surface area contributed by atoms with Gasteiger partial charge in [-0.3, -0.25) is 0 Å². The summed E-state index contributed by atoms with van der Waals surface area (Å²) >= 11 is 0. The van der Waals surface area contributed by atoms with Gasteiger partial charge in [-0.1, -0.05) is 0 Å². The second-order valence-corrected chi connectivity index (χ2v) is 5.00. The molecular weight excluding hydrogens is 182 g/mol. The van der Waals surface area contributed by atoms with Crippen LogP contribution in [-0.2, 0) is 9.47 Å². The molecule has 3 aliphatic heterocycles. The number of morpholine rings is 1. The van der Waals surface area contributed by atoms with E-state index in [1.807, 2.05) is 20.8 Å². The van der Waals surface area contributed by atoms with E-state index in [0.29, 0.717) is 13.1 Å². The first-order valence-electron chi connectivity index (χ1n) is 5.07. The van der Waals surface area contributed by atoms with Crippen molar-refractivity contribution in [2.24, 2.45) is 0 Å². The van der Waals surface area contributed by atoms with Gasteiger partial charge in [-0.2, -0.15) is 0 Å². The predicted octanol–water partition coefficient (Wildman–Crippen LogP) is 1.39. The van der Waals surface area contributed by atoms with E-state index in [2.05, 4.69) is 0 Å². The number of carbonyl (C=O) groups is 1. The van der Waals surface area contributed by atoms with Gasteiger partial charge in [0.15, 0.2) is 0 Å². The van der Waals surface area contributed by atoms with Crippen molar-refractivity contribution in [3.8, 4) is 0 Å². The standard InChI is InChI=1S/C10H17NO3/c1-10(2,3)14-9(12)11-5-7-4-8(6-11)13-7/h7-8H,4-6H2,1-3H3/t7-,8+. The first kappa shape index (κ1) is 9.77. The van der Waals surface area contributed by atoms with Gasteiger partial charge in [0.2, 0.25) is 0 Å². The zero-order chi connectivity index (χ0) is 10.3. The number of amides is 1. The molecule has 0 aliphatic carbocycles. The van der Waals surface area contributed by atoms with E-state index in [9.17, 15) is 4.79 Å². The van der Waals surface area contributed by atoms with E-state index in [0.717, 1.165) is 6.42 Å². The molecule has 3 saturated heterocycles. The maximum atomic E-state index is 11.6. The van der Waals surface area contributed by atoms with Crippen molar-refractivity contribution >= 4 is 6.09 Å². The molecule has 0 saturated carbocycles. The molecule has 1 amide bonds. The molecule has 0 aromatic carbocycles. The first-order chi connectivity index (χ1) is 6.44. The second kappa shape index (κ2) is 3.12. The minimum atomic E-state index is -0.403. The fourth-order valence-corrected chi connectivity index (χ4v) is 1.83. The quantitative estimate of drug-likeness (QED) is 0.592. The van der Waals surface area contributed by atoms with E-state index in [1.54, 1.807) is 4.90 Å². The smallest absolute Gasteiger partial charge is 0.410 e. The third kappa shape index (κ3) is 2.00. The molecule has 0 radical (unpaired) electrons. The Balaban J connectivity index is 1.86. The molecule has 4 heteroatoms. The van der Waals surface area contributed by atoms with Crippen LogP contribution >= 0.6 is 0 Å². The van der Waals surface area contributed by atoms with E-state index in [4.69, 9.17) is 9.47 Å². The molecule has 2 bridgehead atoms. The van der Waals surface area contributed by atoms with Crippen LogP contribution < -0.4 is 0 Å². The number of piperidine rings is 1. The van der Waals surface area contributed by atoms with Crippen molar-refractivity contribution in [1.82, 2.24) is 4.90 Å². The topological polar surface area (TPSA) is 38.8 Å². The van der Waals surface area contributed by atoms with Gasteiger partial charge in [0.05, 0.1) is 25.3 Å². The Morgan fingerprint density at radius 2 is 1.86 bits per heavy atom. The Labute approximate surface area is 84.2 Å². The fraction of sp³-hybridized carbons (Fsp3) is 0.900. The van der Waals surface area contributed by atoms with Crippen LogP contribution in [0.4, 0.5) is 4.79 Å². The normalized spacial score (nSPS) is 30.9. The highest BCUT2D eigenvalue weighted by atomic mass is 16.6. The summed E-state index contributed by atoms with van der Waals surface area (Å²) in [6.45, 7) is 7.01. The van der Waals surface area contributed by atoms with Crippen LogP contribution in [0.3, 0.4) is 0 Å². The average molecular weight is 199 g/mol. The monoisotopic (exact) mass is 199 g/mol. The number of rotatable bonds is 0. The Kier molecular flexibility index (Phi) is 2.18. The van der Waals surface area contributed by atoms with Crippen molar-refractivity contribution in [2.75, 3.05) is 13.1 Å². The van der Waals surface area contributed by atoms with Gasteiger partial charge in [-0.15, -0.1) is 0 Å². The molecule has 80 valence electrons. The third-order valence-electron chi connectivity index (χ3n) is 2.41. The molecule has 0 unspecified atom stereocenters. The number of nitrogens with zero attached hydrogens (tertiary/aromatic N) is 1. The lowest BCUT2D eigenvalue weighted by Crippen LogP contribution is -2.59. The molecule has 2 atom stereocenters. The zero-order valence-corrected chi connectivity index (χ0v) is 8.95. The number of hydrogen-bond acceptors (Lipinski definition) is 3. The van der Waals surface area contributed by atoms with Crippen LogP contribution in [-0.4, -0.2) is 41.9 Å². The number of carbonyl (C=O) groups excluding carboxylic acids is 1. The Morgan fingerprint density at radius 1 is 1.36 bits per heavy atom. The highest BCUT2D eigenvalue weighted by Gasteiger charge is 2.41. The summed E-state index contributed by atoms with van der Waals surface area (Å²) in [6.07, 6.45) is 1.39. The molecule has 14 heavy (non-hydrogen) atoms. The summed E-state index contributed by atoms with van der Waals surface area (Å²) in [7, 11) is 0. The average Bonchev–Trinajstić information content (AvgIpc) is 2.00. The first-order valence-corrected chi connectivity index (χ1v) is 5.07. The SMILES string of the molecule is CC(C)(C)OC(=O)N1C[C@H]2C[C@@H](C1)O2. The maximum Gasteiger partial charge on any atom is 0.410 e. The zero-order valence-electron chi connectivity index (χ0n) is 8.95. The maximum absolute atomic E-state index is 11.6. The van der Waals surface area contributed by atoms with E-state index in [1.165, 1.54) is 0 Å². The molecule has 0 N–H and O–H groups in total. The summed E-state index contributed by atoms with van der Waals surface area (Å²) in [5.74, 6) is 0. The Morgan fingerprint density at radius 3 is 2.29 bits per heavy atom. The summed E-state index contributed by atoms with van der Waals surface area (Å²) in [5.41, 5.74) is -0.403. The van der Waals surface area contributed by atoms with Crippen molar-refractivity contribution in [3.05, 3.63) is 0 Å². The van der Waals surface area contributed by atoms with Crippen LogP contribution in [0.25, 0.3) is 0 Å². The minimum absolute atomic E-state index is 0.212. The summed E-state index contributed by atoms with van der Waals surface area (Å²) in [4.78, 5) is 13.4. The Bertz CT molecular complexity index is 230. The van der Waals surface area contributed by atoms with Crippen LogP contribution in [0.5, 0.6) is 0 Å². The minimum Gasteiger partial charge on any atom is -0.444 e. The van der Waals surface area contributed by atoms with Gasteiger partial charge in [-0.05, 0) is 20.8 Å². The molecule has 0 aromatic heterocycles. The second-order valence-electron chi connectivity index (χ2n) is 5.00. The van der Waals surface area contributed by atoms with Crippen molar-refractivity contribution in [1.29, 1.82) is 0 Å². The lowest BCUT2D eigenvalue weighted by Gasteiger charge is -2.46. The Hall–Kier alpha value is -0.770. The van der Waals surface area contributed by atoms with Crippen LogP contribution in [0.1, 0.15) is 27.2 Å². The summed E-state index contributed by atoms with van der Waals surface area (Å²) < 4.78 is 10.7. The van der Waals surface area contributed by atoms with Gasteiger partial charge in [0.1, 0.15) is 5.60 Å². The number of fused-ring (bicyclic) bond motifs is 2. The lowest BCUT2D eigenvalue weighted by atomic mass is 9.99. The van der Waals surface area contributed by atoms with E-state index in [-0.39, 0.29) is 18.3 Å². The summed E-state index contributed by atoms with van der Waals surface area (Å²) in [6, 6.07) is 0. The van der Waals surface area contributed by atoms with Gasteiger partial charge < -0.3 is 14.4 Å². The van der Waals surface area contributed by atoms with Gasteiger partial charge in [0.25, 0.3) is 0 Å². The van der Waals surface area contributed by atoms with Gasteiger partial charge in [-0.25, -0.2) is 4.79 Å². The molecule has 0 aromatic rings. The highest BCUT2D eigenvalue weighted by molar-refractivity contribution is 5.68. The third-order valence-corrected chi connectivity index (χ3v) is 2.41. The van der Waals surface area contributed by atoms with Crippen molar-refractivity contribution < 1.29 is 14.3 Å². The largest absolute Gasteiger partial charge is 0.444 e. The van der Waals surface area contributed by atoms with E-state index >= 15 is 0 Å². The molecule has 3 rings (SSSR count). The van der Waals surface area contributed by atoms with Gasteiger partial charge in [0, 0.05) is 6.42 Å². The van der Waals surface area contributed by atoms with Gasteiger partial charge >= 0.3 is 6.09 Å². The van der Waals surface area contributed by atoms with Crippen molar-refractivity contribution in [2.45, 2.75) is 45.0 Å². The molecule has 3 fully saturated rings. The molecule has 4 nitrogen and oxygen atoms in total. The lowest BCUT2D eigenvalue weighted by molar-refractivity contribution is -0.176. The molecule has 0 spiro atoms. The number of hydrogen-bond donors (Lipinski definition) is 0.